The summed E-state index contributed by atoms with van der Waals surface area (Å²) in [5.74, 6) is -0.0315. The molecule has 1 saturated heterocycles. The van der Waals surface area contributed by atoms with E-state index in [-0.39, 0.29) is 5.91 Å². The van der Waals surface area contributed by atoms with Crippen molar-refractivity contribution in [2.75, 3.05) is 36.5 Å². The molecular formula is C23H22N2O2S. The zero-order valence-corrected chi connectivity index (χ0v) is 16.4. The molecule has 0 atom stereocenters. The van der Waals surface area contributed by atoms with Gasteiger partial charge in [0, 0.05) is 29.3 Å². The molecule has 1 amide bonds. The fourth-order valence-corrected chi connectivity index (χ4v) is 5.12. The number of anilines is 2. The fourth-order valence-electron chi connectivity index (χ4n) is 3.95. The first-order chi connectivity index (χ1) is 13.8. The van der Waals surface area contributed by atoms with Crippen molar-refractivity contribution in [3.05, 3.63) is 70.6 Å². The molecule has 1 aromatic heterocycles. The van der Waals surface area contributed by atoms with E-state index in [1.807, 2.05) is 12.1 Å². The number of benzene rings is 2. The van der Waals surface area contributed by atoms with Crippen LogP contribution in [0.5, 0.6) is 0 Å². The highest BCUT2D eigenvalue weighted by Gasteiger charge is 2.21. The minimum absolute atomic E-state index is 0.0315. The summed E-state index contributed by atoms with van der Waals surface area (Å²) >= 11 is 1.60. The van der Waals surface area contributed by atoms with E-state index in [0.717, 1.165) is 49.7 Å². The second-order valence-corrected chi connectivity index (χ2v) is 8.27. The topological polar surface area (TPSA) is 41.6 Å². The van der Waals surface area contributed by atoms with E-state index in [2.05, 4.69) is 52.7 Å². The van der Waals surface area contributed by atoms with E-state index in [1.165, 1.54) is 27.3 Å². The Labute approximate surface area is 168 Å². The third-order valence-corrected chi connectivity index (χ3v) is 6.67. The summed E-state index contributed by atoms with van der Waals surface area (Å²) in [6.45, 7) is 3.36. The third-order valence-electron chi connectivity index (χ3n) is 5.46. The molecule has 0 radical (unpaired) electrons. The van der Waals surface area contributed by atoms with Crippen LogP contribution in [-0.4, -0.2) is 32.2 Å². The summed E-state index contributed by atoms with van der Waals surface area (Å²) in [5.41, 5.74) is 5.94. The van der Waals surface area contributed by atoms with Gasteiger partial charge in [-0.15, -0.1) is 11.3 Å². The van der Waals surface area contributed by atoms with Crippen LogP contribution in [0, 0.1) is 0 Å². The molecule has 4 nitrogen and oxygen atoms in total. The number of morpholine rings is 1. The SMILES string of the molecule is O=C(Nc1ccc(N2CCOCC2)cc1)c1cc2c(s1)-c1ccccc1CC2. The molecular weight excluding hydrogens is 368 g/mol. The molecule has 5 rings (SSSR count). The predicted octanol–water partition coefficient (Wildman–Crippen LogP) is 4.60. The van der Waals surface area contributed by atoms with E-state index in [0.29, 0.717) is 0 Å². The first kappa shape index (κ1) is 17.5. The van der Waals surface area contributed by atoms with Crippen molar-refractivity contribution >= 4 is 28.6 Å². The number of hydrogen-bond donors (Lipinski definition) is 1. The first-order valence-electron chi connectivity index (χ1n) is 9.73. The number of ether oxygens (including phenoxy) is 1. The minimum atomic E-state index is -0.0315. The largest absolute Gasteiger partial charge is 0.378 e. The summed E-state index contributed by atoms with van der Waals surface area (Å²) in [4.78, 5) is 17.1. The Hall–Kier alpha value is -2.63. The first-order valence-corrected chi connectivity index (χ1v) is 10.5. The molecule has 28 heavy (non-hydrogen) atoms. The van der Waals surface area contributed by atoms with Gasteiger partial charge < -0.3 is 15.0 Å². The highest BCUT2D eigenvalue weighted by molar-refractivity contribution is 7.17. The smallest absolute Gasteiger partial charge is 0.265 e. The molecule has 0 bridgehead atoms. The van der Waals surface area contributed by atoms with Crippen LogP contribution in [0.4, 0.5) is 11.4 Å². The maximum absolute atomic E-state index is 12.8. The molecule has 1 aliphatic heterocycles. The van der Waals surface area contributed by atoms with Gasteiger partial charge in [0.15, 0.2) is 0 Å². The Morgan fingerprint density at radius 3 is 2.54 bits per heavy atom. The van der Waals surface area contributed by atoms with Crippen LogP contribution in [-0.2, 0) is 17.6 Å². The van der Waals surface area contributed by atoms with Gasteiger partial charge in [0.1, 0.15) is 0 Å². The summed E-state index contributed by atoms with van der Waals surface area (Å²) in [6.07, 6.45) is 2.05. The molecule has 0 spiro atoms. The number of hydrogen-bond acceptors (Lipinski definition) is 4. The van der Waals surface area contributed by atoms with Gasteiger partial charge in [0.25, 0.3) is 5.91 Å². The van der Waals surface area contributed by atoms with Crippen LogP contribution in [0.2, 0.25) is 0 Å². The molecule has 1 N–H and O–H groups in total. The van der Waals surface area contributed by atoms with Gasteiger partial charge in [-0.05, 0) is 59.9 Å². The van der Waals surface area contributed by atoms with Crippen LogP contribution in [0.15, 0.2) is 54.6 Å². The van der Waals surface area contributed by atoms with E-state index in [9.17, 15) is 4.79 Å². The fraction of sp³-hybridized carbons (Fsp3) is 0.261. The lowest BCUT2D eigenvalue weighted by atomic mass is 9.91. The van der Waals surface area contributed by atoms with Crippen molar-refractivity contribution < 1.29 is 9.53 Å². The Morgan fingerprint density at radius 2 is 1.71 bits per heavy atom. The van der Waals surface area contributed by atoms with Crippen LogP contribution in [0.25, 0.3) is 10.4 Å². The van der Waals surface area contributed by atoms with Crippen molar-refractivity contribution in [2.24, 2.45) is 0 Å². The van der Waals surface area contributed by atoms with Gasteiger partial charge >= 0.3 is 0 Å². The second-order valence-electron chi connectivity index (χ2n) is 7.22. The highest BCUT2D eigenvalue weighted by atomic mass is 32.1. The number of amides is 1. The van der Waals surface area contributed by atoms with Crippen molar-refractivity contribution in [1.29, 1.82) is 0 Å². The Morgan fingerprint density at radius 1 is 0.964 bits per heavy atom. The summed E-state index contributed by atoms with van der Waals surface area (Å²) in [5, 5.41) is 3.05. The van der Waals surface area contributed by atoms with Gasteiger partial charge in [0.05, 0.1) is 18.1 Å². The van der Waals surface area contributed by atoms with Crippen molar-refractivity contribution in [1.82, 2.24) is 0 Å². The van der Waals surface area contributed by atoms with Crippen LogP contribution < -0.4 is 10.2 Å². The van der Waals surface area contributed by atoms with Gasteiger partial charge in [-0.3, -0.25) is 4.79 Å². The van der Waals surface area contributed by atoms with Gasteiger partial charge in [-0.1, -0.05) is 24.3 Å². The Balaban J connectivity index is 1.32. The molecule has 2 aromatic carbocycles. The molecule has 1 aliphatic carbocycles. The Bertz CT molecular complexity index is 1000. The number of aryl methyl sites for hydroxylation is 2. The number of carbonyl (C=O) groups excluding carboxylic acids is 1. The molecule has 1 fully saturated rings. The van der Waals surface area contributed by atoms with Crippen molar-refractivity contribution in [3.63, 3.8) is 0 Å². The number of thiophene rings is 1. The van der Waals surface area contributed by atoms with Gasteiger partial charge in [-0.2, -0.15) is 0 Å². The zero-order chi connectivity index (χ0) is 18.9. The quantitative estimate of drug-likeness (QED) is 0.710. The summed E-state index contributed by atoms with van der Waals surface area (Å²) in [7, 11) is 0. The number of rotatable bonds is 3. The molecule has 3 aromatic rings. The monoisotopic (exact) mass is 390 g/mol. The van der Waals surface area contributed by atoms with E-state index >= 15 is 0 Å². The molecule has 142 valence electrons. The van der Waals surface area contributed by atoms with Gasteiger partial charge in [-0.25, -0.2) is 0 Å². The molecule has 5 heteroatoms. The molecule has 0 saturated carbocycles. The number of fused-ring (bicyclic) bond motifs is 3. The van der Waals surface area contributed by atoms with Gasteiger partial charge in [0.2, 0.25) is 0 Å². The number of nitrogens with zero attached hydrogens (tertiary/aromatic N) is 1. The predicted molar refractivity (Wildman–Crippen MR) is 115 cm³/mol. The Kier molecular flexibility index (Phi) is 4.63. The summed E-state index contributed by atoms with van der Waals surface area (Å²) in [6, 6.07) is 18.7. The average Bonchev–Trinajstić information content (AvgIpc) is 3.20. The maximum Gasteiger partial charge on any atom is 0.265 e. The maximum atomic E-state index is 12.8. The highest BCUT2D eigenvalue weighted by Crippen LogP contribution is 2.39. The third kappa shape index (κ3) is 3.32. The van der Waals surface area contributed by atoms with Crippen LogP contribution in [0.1, 0.15) is 20.8 Å². The van der Waals surface area contributed by atoms with E-state index in [1.54, 1.807) is 11.3 Å². The molecule has 0 unspecified atom stereocenters. The second kappa shape index (κ2) is 7.41. The lowest BCUT2D eigenvalue weighted by Gasteiger charge is -2.28. The van der Waals surface area contributed by atoms with E-state index < -0.39 is 0 Å². The number of nitrogens with one attached hydrogen (secondary N) is 1. The van der Waals surface area contributed by atoms with Crippen LogP contribution in [0.3, 0.4) is 0 Å². The van der Waals surface area contributed by atoms with Crippen LogP contribution >= 0.6 is 11.3 Å². The standard InChI is InChI=1S/C23H22N2O2S/c26-23(24-18-7-9-19(10-8-18)25-11-13-27-14-12-25)21-15-17-6-5-16-3-1-2-4-20(16)22(17)28-21/h1-4,7-10,15H,5-6,11-14H2,(H,24,26). The lowest BCUT2D eigenvalue weighted by molar-refractivity contribution is 0.103. The van der Waals surface area contributed by atoms with E-state index in [4.69, 9.17) is 4.74 Å². The lowest BCUT2D eigenvalue weighted by Crippen LogP contribution is -2.36. The number of carbonyl (C=O) groups is 1. The normalized spacial score (nSPS) is 15.6. The zero-order valence-electron chi connectivity index (χ0n) is 15.6. The summed E-state index contributed by atoms with van der Waals surface area (Å²) < 4.78 is 5.41. The molecule has 2 heterocycles. The van der Waals surface area contributed by atoms with Crippen molar-refractivity contribution in [3.8, 4) is 10.4 Å². The minimum Gasteiger partial charge on any atom is -0.378 e. The average molecular weight is 391 g/mol. The van der Waals surface area contributed by atoms with Crippen molar-refractivity contribution in [2.45, 2.75) is 12.8 Å². The molecule has 2 aliphatic rings.